The molecule has 0 unspecified atom stereocenters. The molecule has 0 radical (unpaired) electrons. The van der Waals surface area contributed by atoms with Crippen LogP contribution in [0.25, 0.3) is 0 Å². The zero-order valence-corrected chi connectivity index (χ0v) is 11.3. The molecule has 1 saturated heterocycles. The minimum Gasteiger partial charge on any atom is -0.317 e. The van der Waals surface area contributed by atoms with Gasteiger partial charge in [-0.3, -0.25) is 0 Å². The topological polar surface area (TPSA) is 44.4 Å². The second-order valence-electron chi connectivity index (χ2n) is 4.85. The van der Waals surface area contributed by atoms with E-state index in [9.17, 15) is 4.79 Å². The average molecular weight is 247 g/mol. The monoisotopic (exact) mass is 247 g/mol. The maximum atomic E-state index is 12.1. The molecular formula is C14H21N3O. The minimum absolute atomic E-state index is 0.0698. The molecule has 0 saturated carbocycles. The Morgan fingerprint density at radius 2 is 2.00 bits per heavy atom. The summed E-state index contributed by atoms with van der Waals surface area (Å²) >= 11 is 0. The van der Waals surface area contributed by atoms with Crippen molar-refractivity contribution in [3.05, 3.63) is 29.8 Å². The molecular weight excluding hydrogens is 226 g/mol. The van der Waals surface area contributed by atoms with E-state index in [0.717, 1.165) is 30.5 Å². The van der Waals surface area contributed by atoms with Crippen LogP contribution in [0.4, 0.5) is 10.5 Å². The van der Waals surface area contributed by atoms with Gasteiger partial charge in [-0.25, -0.2) is 15.2 Å². The molecule has 0 aliphatic carbocycles. The number of urea groups is 1. The van der Waals surface area contributed by atoms with Crippen molar-refractivity contribution in [3.63, 3.8) is 0 Å². The molecule has 1 aromatic carbocycles. The van der Waals surface area contributed by atoms with Gasteiger partial charge in [0.2, 0.25) is 0 Å². The first-order valence-electron chi connectivity index (χ1n) is 6.57. The lowest BCUT2D eigenvalue weighted by atomic mass is 10.0. The molecule has 1 aliphatic heterocycles. The molecule has 98 valence electrons. The van der Waals surface area contributed by atoms with E-state index in [2.05, 4.69) is 24.6 Å². The normalized spacial score (nSPS) is 23.3. The number of carbonyl (C=O) groups excluding carboxylic acids is 1. The Kier molecular flexibility index (Phi) is 3.57. The highest BCUT2D eigenvalue weighted by Gasteiger charge is 2.40. The van der Waals surface area contributed by atoms with E-state index in [1.807, 2.05) is 31.2 Å². The van der Waals surface area contributed by atoms with Crippen molar-refractivity contribution in [2.75, 3.05) is 5.01 Å². The van der Waals surface area contributed by atoms with Gasteiger partial charge in [0.25, 0.3) is 0 Å². The first-order chi connectivity index (χ1) is 8.62. The second-order valence-corrected chi connectivity index (χ2v) is 4.85. The summed E-state index contributed by atoms with van der Waals surface area (Å²) in [5.74, 6) is 0. The Labute approximate surface area is 108 Å². The molecule has 2 rings (SSSR count). The lowest BCUT2D eigenvalue weighted by molar-refractivity contribution is 0.242. The van der Waals surface area contributed by atoms with Crippen LogP contribution in [0.15, 0.2) is 24.3 Å². The molecule has 0 aromatic heterocycles. The van der Waals surface area contributed by atoms with Crippen molar-refractivity contribution in [2.45, 2.75) is 45.7 Å². The Morgan fingerprint density at radius 3 is 2.61 bits per heavy atom. The van der Waals surface area contributed by atoms with Crippen LogP contribution in [0.5, 0.6) is 0 Å². The van der Waals surface area contributed by atoms with Gasteiger partial charge in [-0.15, -0.1) is 0 Å². The van der Waals surface area contributed by atoms with Crippen molar-refractivity contribution in [3.8, 4) is 0 Å². The van der Waals surface area contributed by atoms with Crippen LogP contribution in [0, 0.1) is 6.92 Å². The molecule has 1 aliphatic rings. The summed E-state index contributed by atoms with van der Waals surface area (Å²) in [6.07, 6.45) is 2.83. The van der Waals surface area contributed by atoms with Crippen molar-refractivity contribution < 1.29 is 4.79 Å². The molecule has 1 fully saturated rings. The molecule has 1 atom stereocenters. The van der Waals surface area contributed by atoms with Crippen LogP contribution in [0.2, 0.25) is 0 Å². The summed E-state index contributed by atoms with van der Waals surface area (Å²) in [6.45, 7) is 6.22. The molecule has 2 amide bonds. The van der Waals surface area contributed by atoms with Gasteiger partial charge < -0.3 is 5.32 Å². The average Bonchev–Trinajstić information content (AvgIpc) is 2.68. The smallest absolute Gasteiger partial charge is 0.317 e. The quantitative estimate of drug-likeness (QED) is 0.859. The number of nitrogens with one attached hydrogen (secondary N) is 2. The largest absolute Gasteiger partial charge is 0.338 e. The Bertz CT molecular complexity index is 446. The number of anilines is 1. The number of benzene rings is 1. The molecule has 0 spiro atoms. The number of nitrogens with zero attached hydrogens (tertiary/aromatic N) is 1. The van der Waals surface area contributed by atoms with Crippen molar-refractivity contribution >= 4 is 11.7 Å². The van der Waals surface area contributed by atoms with Gasteiger partial charge in [0.1, 0.15) is 5.66 Å². The van der Waals surface area contributed by atoms with Gasteiger partial charge >= 0.3 is 6.03 Å². The fourth-order valence-electron chi connectivity index (χ4n) is 2.43. The van der Waals surface area contributed by atoms with Crippen LogP contribution in [0.1, 0.15) is 38.7 Å². The van der Waals surface area contributed by atoms with E-state index in [4.69, 9.17) is 0 Å². The van der Waals surface area contributed by atoms with Gasteiger partial charge in [-0.2, -0.15) is 0 Å². The highest BCUT2D eigenvalue weighted by Crippen LogP contribution is 2.26. The van der Waals surface area contributed by atoms with Crippen molar-refractivity contribution in [2.24, 2.45) is 0 Å². The molecule has 1 heterocycles. The third kappa shape index (κ3) is 2.20. The standard InChI is InChI=1S/C14H21N3O/c1-4-10-14(5-2)15-13(18)17(16-14)12-9-7-6-8-11(12)3/h6-9,16H,4-5,10H2,1-3H3,(H,15,18)/t14-/m1/s1. The van der Waals surface area contributed by atoms with E-state index in [1.165, 1.54) is 0 Å². The molecule has 4 heteroatoms. The predicted octanol–water partition coefficient (Wildman–Crippen LogP) is 2.94. The number of rotatable bonds is 4. The maximum absolute atomic E-state index is 12.1. The summed E-state index contributed by atoms with van der Waals surface area (Å²) in [5.41, 5.74) is 5.04. The summed E-state index contributed by atoms with van der Waals surface area (Å²) in [4.78, 5) is 12.1. The Morgan fingerprint density at radius 1 is 1.28 bits per heavy atom. The summed E-state index contributed by atoms with van der Waals surface area (Å²) in [6, 6.07) is 7.82. The molecule has 18 heavy (non-hydrogen) atoms. The third-order valence-corrected chi connectivity index (χ3v) is 3.51. The number of aryl methyl sites for hydroxylation is 1. The number of hydrogen-bond acceptors (Lipinski definition) is 2. The first-order valence-corrected chi connectivity index (χ1v) is 6.57. The number of para-hydroxylation sites is 1. The molecule has 1 aromatic rings. The van der Waals surface area contributed by atoms with E-state index < -0.39 is 0 Å². The summed E-state index contributed by atoms with van der Waals surface area (Å²) < 4.78 is 0. The first kappa shape index (κ1) is 12.9. The van der Waals surface area contributed by atoms with Crippen LogP contribution >= 0.6 is 0 Å². The summed E-state index contributed by atoms with van der Waals surface area (Å²) in [7, 11) is 0. The van der Waals surface area contributed by atoms with Crippen molar-refractivity contribution in [1.29, 1.82) is 0 Å². The lowest BCUT2D eigenvalue weighted by Gasteiger charge is -2.28. The van der Waals surface area contributed by atoms with Crippen LogP contribution in [-0.4, -0.2) is 11.7 Å². The van der Waals surface area contributed by atoms with Crippen LogP contribution < -0.4 is 15.8 Å². The summed E-state index contributed by atoms with van der Waals surface area (Å²) in [5, 5.41) is 4.70. The van der Waals surface area contributed by atoms with Crippen molar-refractivity contribution in [1.82, 2.24) is 10.7 Å². The molecule has 2 N–H and O–H groups in total. The van der Waals surface area contributed by atoms with E-state index in [1.54, 1.807) is 5.01 Å². The van der Waals surface area contributed by atoms with Gasteiger partial charge in [0.15, 0.2) is 0 Å². The van der Waals surface area contributed by atoms with Crippen LogP contribution in [0.3, 0.4) is 0 Å². The van der Waals surface area contributed by atoms with Gasteiger partial charge in [-0.1, -0.05) is 38.5 Å². The highest BCUT2D eigenvalue weighted by atomic mass is 16.2. The predicted molar refractivity (Wildman–Crippen MR) is 73.3 cm³/mol. The van der Waals surface area contributed by atoms with Crippen LogP contribution in [-0.2, 0) is 0 Å². The fraction of sp³-hybridized carbons (Fsp3) is 0.500. The molecule has 0 bridgehead atoms. The SMILES string of the molecule is CCC[C@]1(CC)NC(=O)N(c2ccccc2C)N1. The second kappa shape index (κ2) is 4.98. The number of amides is 2. The number of hydrazine groups is 1. The van der Waals surface area contributed by atoms with Gasteiger partial charge in [0.05, 0.1) is 5.69 Å². The van der Waals surface area contributed by atoms with E-state index in [-0.39, 0.29) is 11.7 Å². The lowest BCUT2D eigenvalue weighted by Crippen LogP contribution is -2.50. The maximum Gasteiger partial charge on any atom is 0.338 e. The highest BCUT2D eigenvalue weighted by molar-refractivity contribution is 5.94. The minimum atomic E-state index is -0.298. The van der Waals surface area contributed by atoms with Gasteiger partial charge in [0, 0.05) is 0 Å². The van der Waals surface area contributed by atoms with E-state index in [0.29, 0.717) is 0 Å². The third-order valence-electron chi connectivity index (χ3n) is 3.51. The zero-order valence-electron chi connectivity index (χ0n) is 11.3. The fourth-order valence-corrected chi connectivity index (χ4v) is 2.43. The Hall–Kier alpha value is -1.55. The molecule has 4 nitrogen and oxygen atoms in total. The Balaban J connectivity index is 2.27. The number of hydrogen-bond donors (Lipinski definition) is 2. The number of carbonyl (C=O) groups is 1. The van der Waals surface area contributed by atoms with E-state index >= 15 is 0 Å². The van der Waals surface area contributed by atoms with Gasteiger partial charge in [-0.05, 0) is 31.4 Å². The zero-order chi connectivity index (χ0) is 13.2.